The van der Waals surface area contributed by atoms with Crippen molar-refractivity contribution in [1.29, 1.82) is 0 Å². The van der Waals surface area contributed by atoms with Gasteiger partial charge in [0, 0.05) is 17.9 Å². The third-order valence-corrected chi connectivity index (χ3v) is 3.28. The average Bonchev–Trinajstić information content (AvgIpc) is 2.85. The minimum atomic E-state index is 0.503. The number of hydrogen-bond donors (Lipinski definition) is 0. The summed E-state index contributed by atoms with van der Waals surface area (Å²) in [6.07, 6.45) is 1.53. The monoisotopic (exact) mass is 330 g/mol. The van der Waals surface area contributed by atoms with Gasteiger partial charge in [-0.25, -0.2) is 0 Å². The van der Waals surface area contributed by atoms with Gasteiger partial charge >= 0.3 is 0 Å². The Bertz CT molecular complexity index is 531. The van der Waals surface area contributed by atoms with Crippen molar-refractivity contribution in [3.05, 3.63) is 28.6 Å². The minimum Gasteiger partial charge on any atom is -0.496 e. The second kappa shape index (κ2) is 6.20. The zero-order valence-electron chi connectivity index (χ0n) is 9.82. The molecule has 0 saturated carbocycles. The number of methoxy groups -OCH3 is 1. The number of alkyl halides is 1. The molecule has 0 N–H and O–H groups in total. The van der Waals surface area contributed by atoms with E-state index in [1.807, 2.05) is 18.2 Å². The lowest BCUT2D eigenvalue weighted by Crippen LogP contribution is -1.85. The molecule has 0 aliphatic carbocycles. The highest BCUT2D eigenvalue weighted by molar-refractivity contribution is 9.10. The molecular formula is C12H12BrClN2O2. The molecular weight excluding hydrogens is 320 g/mol. The first kappa shape index (κ1) is 13.4. The maximum Gasteiger partial charge on any atom is 0.247 e. The van der Waals surface area contributed by atoms with Crippen LogP contribution in [0.4, 0.5) is 0 Å². The van der Waals surface area contributed by atoms with E-state index in [-0.39, 0.29) is 0 Å². The first-order chi connectivity index (χ1) is 8.74. The van der Waals surface area contributed by atoms with E-state index in [0.717, 1.165) is 22.2 Å². The molecule has 0 bridgehead atoms. The van der Waals surface area contributed by atoms with Crippen LogP contribution in [0.25, 0.3) is 11.5 Å². The standard InChI is InChI=1S/C12H12BrClN2O2/c1-17-10-5-4-8(7-9(10)13)12-16-15-11(18-12)3-2-6-14/h4-5,7H,2-3,6H2,1H3. The molecule has 96 valence electrons. The molecule has 18 heavy (non-hydrogen) atoms. The molecule has 1 heterocycles. The van der Waals surface area contributed by atoms with Crippen LogP contribution in [0.1, 0.15) is 12.3 Å². The predicted octanol–water partition coefficient (Wildman–Crippen LogP) is 3.68. The molecule has 0 radical (unpaired) electrons. The molecule has 1 aromatic carbocycles. The highest BCUT2D eigenvalue weighted by Gasteiger charge is 2.10. The molecule has 6 heteroatoms. The molecule has 0 aliphatic heterocycles. The summed E-state index contributed by atoms with van der Waals surface area (Å²) < 4.78 is 11.6. The molecule has 2 rings (SSSR count). The van der Waals surface area contributed by atoms with Gasteiger partial charge in [-0.1, -0.05) is 0 Å². The molecule has 4 nitrogen and oxygen atoms in total. The number of nitrogens with zero attached hydrogens (tertiary/aromatic N) is 2. The van der Waals surface area contributed by atoms with Gasteiger partial charge in [-0.05, 0) is 40.5 Å². The number of ether oxygens (including phenoxy) is 1. The fourth-order valence-corrected chi connectivity index (χ4v) is 2.16. The van der Waals surface area contributed by atoms with Gasteiger partial charge in [0.1, 0.15) is 5.75 Å². The maximum atomic E-state index is 5.62. The Morgan fingerprint density at radius 3 is 2.89 bits per heavy atom. The summed E-state index contributed by atoms with van der Waals surface area (Å²) in [7, 11) is 1.62. The summed E-state index contributed by atoms with van der Waals surface area (Å²) in [4.78, 5) is 0. The lowest BCUT2D eigenvalue weighted by Gasteiger charge is -2.03. The van der Waals surface area contributed by atoms with Crippen LogP contribution in [-0.4, -0.2) is 23.2 Å². The number of aromatic nitrogens is 2. The van der Waals surface area contributed by atoms with Gasteiger partial charge in [0.25, 0.3) is 0 Å². The smallest absolute Gasteiger partial charge is 0.247 e. The van der Waals surface area contributed by atoms with Crippen molar-refractivity contribution in [3.8, 4) is 17.2 Å². The van der Waals surface area contributed by atoms with Crippen molar-refractivity contribution in [2.45, 2.75) is 12.8 Å². The quantitative estimate of drug-likeness (QED) is 0.784. The van der Waals surface area contributed by atoms with Crippen LogP contribution < -0.4 is 4.74 Å². The molecule has 0 saturated heterocycles. The van der Waals surface area contributed by atoms with E-state index in [1.165, 1.54) is 0 Å². The van der Waals surface area contributed by atoms with E-state index < -0.39 is 0 Å². The van der Waals surface area contributed by atoms with Gasteiger partial charge in [-0.2, -0.15) is 0 Å². The largest absolute Gasteiger partial charge is 0.496 e. The average molecular weight is 332 g/mol. The molecule has 0 atom stereocenters. The minimum absolute atomic E-state index is 0.503. The lowest BCUT2D eigenvalue weighted by atomic mass is 10.2. The van der Waals surface area contributed by atoms with Gasteiger partial charge in [-0.15, -0.1) is 21.8 Å². The maximum absolute atomic E-state index is 5.62. The SMILES string of the molecule is COc1ccc(-c2nnc(CCCCl)o2)cc1Br. The van der Waals surface area contributed by atoms with Crippen molar-refractivity contribution in [2.75, 3.05) is 13.0 Å². The zero-order valence-corrected chi connectivity index (χ0v) is 12.2. The van der Waals surface area contributed by atoms with Crippen LogP contribution in [0, 0.1) is 0 Å². The normalized spacial score (nSPS) is 10.6. The molecule has 1 aromatic heterocycles. The van der Waals surface area contributed by atoms with E-state index in [2.05, 4.69) is 26.1 Å². The highest BCUT2D eigenvalue weighted by Crippen LogP contribution is 2.29. The van der Waals surface area contributed by atoms with Crippen LogP contribution in [0.5, 0.6) is 5.75 Å². The molecule has 0 fully saturated rings. The Morgan fingerprint density at radius 1 is 1.39 bits per heavy atom. The Morgan fingerprint density at radius 2 is 2.22 bits per heavy atom. The van der Waals surface area contributed by atoms with E-state index >= 15 is 0 Å². The summed E-state index contributed by atoms with van der Waals surface area (Å²) in [6.45, 7) is 0. The number of aryl methyl sites for hydroxylation is 1. The fraction of sp³-hybridized carbons (Fsp3) is 0.333. The van der Waals surface area contributed by atoms with Crippen LogP contribution >= 0.6 is 27.5 Å². The topological polar surface area (TPSA) is 48.2 Å². The second-order valence-electron chi connectivity index (χ2n) is 3.64. The van der Waals surface area contributed by atoms with E-state index in [4.69, 9.17) is 20.8 Å². The molecule has 0 unspecified atom stereocenters. The van der Waals surface area contributed by atoms with Crippen molar-refractivity contribution in [1.82, 2.24) is 10.2 Å². The van der Waals surface area contributed by atoms with Crippen LogP contribution in [0.15, 0.2) is 27.1 Å². The van der Waals surface area contributed by atoms with Crippen molar-refractivity contribution in [3.63, 3.8) is 0 Å². The fourth-order valence-electron chi connectivity index (χ4n) is 1.49. The Hall–Kier alpha value is -1.07. The van der Waals surface area contributed by atoms with Crippen LogP contribution in [-0.2, 0) is 6.42 Å². The summed E-state index contributed by atoms with van der Waals surface area (Å²) in [5.41, 5.74) is 0.854. The lowest BCUT2D eigenvalue weighted by molar-refractivity contribution is 0.412. The van der Waals surface area contributed by atoms with E-state index in [9.17, 15) is 0 Å². The zero-order chi connectivity index (χ0) is 13.0. The van der Waals surface area contributed by atoms with Gasteiger partial charge in [0.15, 0.2) is 0 Å². The van der Waals surface area contributed by atoms with E-state index in [1.54, 1.807) is 7.11 Å². The first-order valence-corrected chi connectivity index (χ1v) is 6.79. The second-order valence-corrected chi connectivity index (χ2v) is 4.88. The summed E-state index contributed by atoms with van der Waals surface area (Å²) in [5.74, 6) is 2.47. The Kier molecular flexibility index (Phi) is 4.60. The number of halogens is 2. The van der Waals surface area contributed by atoms with Crippen LogP contribution in [0.2, 0.25) is 0 Å². The third kappa shape index (κ3) is 3.03. The van der Waals surface area contributed by atoms with Gasteiger partial charge < -0.3 is 9.15 Å². The van der Waals surface area contributed by atoms with Crippen LogP contribution in [0.3, 0.4) is 0 Å². The molecule has 0 amide bonds. The highest BCUT2D eigenvalue weighted by atomic mass is 79.9. The Balaban J connectivity index is 2.20. The van der Waals surface area contributed by atoms with E-state index in [0.29, 0.717) is 24.1 Å². The summed E-state index contributed by atoms with van der Waals surface area (Å²) in [6, 6.07) is 5.61. The van der Waals surface area contributed by atoms with Gasteiger partial charge in [0.2, 0.25) is 11.8 Å². The molecule has 2 aromatic rings. The predicted molar refractivity (Wildman–Crippen MR) is 73.0 cm³/mol. The summed E-state index contributed by atoms with van der Waals surface area (Å²) >= 11 is 9.04. The van der Waals surface area contributed by atoms with Crippen molar-refractivity contribution >= 4 is 27.5 Å². The number of hydrogen-bond acceptors (Lipinski definition) is 4. The van der Waals surface area contributed by atoms with Crippen molar-refractivity contribution in [2.24, 2.45) is 0 Å². The number of rotatable bonds is 5. The molecule has 0 spiro atoms. The Labute approximate surface area is 118 Å². The van der Waals surface area contributed by atoms with Gasteiger partial charge in [-0.3, -0.25) is 0 Å². The molecule has 0 aliphatic rings. The first-order valence-electron chi connectivity index (χ1n) is 5.47. The number of benzene rings is 1. The summed E-state index contributed by atoms with van der Waals surface area (Å²) in [5, 5.41) is 8.00. The van der Waals surface area contributed by atoms with Crippen molar-refractivity contribution < 1.29 is 9.15 Å². The van der Waals surface area contributed by atoms with Gasteiger partial charge in [0.05, 0.1) is 11.6 Å². The third-order valence-electron chi connectivity index (χ3n) is 2.39.